The van der Waals surface area contributed by atoms with Crippen LogP contribution in [0.1, 0.15) is 287 Å². The average Bonchev–Trinajstić information content (AvgIpc) is 1.85. The Hall–Kier alpha value is -9.75. The molecule has 6 rings (SSSR count). The number of nitrogens with one attached hydrogen (secondary N) is 9. The predicted octanol–water partition coefficient (Wildman–Crippen LogP) is 13.3. The Labute approximate surface area is 758 Å². The third kappa shape index (κ3) is 70.9. The van der Waals surface area contributed by atoms with Gasteiger partial charge in [-0.3, -0.25) is 73.0 Å². The second-order valence-corrected chi connectivity index (χ2v) is 46.9. The van der Waals surface area contributed by atoms with Gasteiger partial charge in [-0.25, -0.2) is 45.5 Å². The molecule has 6 amide bonds. The van der Waals surface area contributed by atoms with E-state index in [0.29, 0.717) is 11.7 Å². The Morgan fingerprint density at radius 1 is 0.614 bits per heavy atom. The van der Waals surface area contributed by atoms with Gasteiger partial charge in [0.05, 0.1) is 47.4 Å². The summed E-state index contributed by atoms with van der Waals surface area (Å²) in [6.45, 7) is 77.5. The fourth-order valence-electron chi connectivity index (χ4n) is 5.72. The van der Waals surface area contributed by atoms with Gasteiger partial charge in [0.25, 0.3) is 16.1 Å². The van der Waals surface area contributed by atoms with Gasteiger partial charge < -0.3 is 24.5 Å². The number of aliphatic hydroxyl groups is 1. The van der Waals surface area contributed by atoms with Crippen molar-refractivity contribution in [3.63, 3.8) is 0 Å². The van der Waals surface area contributed by atoms with Crippen LogP contribution >= 0.6 is 0 Å². The number of anilines is 2. The maximum atomic E-state index is 11.3. The first kappa shape index (κ1) is 130. The number of rotatable bonds is 10. The molecule has 0 saturated carbocycles. The van der Waals surface area contributed by atoms with E-state index in [0.717, 1.165) is 42.0 Å². The Balaban J connectivity index is -0.000000247. The van der Waals surface area contributed by atoms with E-state index in [2.05, 4.69) is 189 Å². The second-order valence-electron chi connectivity index (χ2n) is 38.7. The van der Waals surface area contributed by atoms with Crippen LogP contribution < -0.4 is 35.6 Å². The molecule has 732 valence electrons. The number of aryl methyl sites for hydroxylation is 1. The molecule has 0 unspecified atom stereocenters. The van der Waals surface area contributed by atoms with Crippen molar-refractivity contribution >= 4 is 111 Å². The van der Waals surface area contributed by atoms with Gasteiger partial charge in [0, 0.05) is 93.5 Å². The molecule has 11 N–H and O–H groups in total. The average molecular weight is 1880 g/mol. The van der Waals surface area contributed by atoms with E-state index in [1.165, 1.54) is 72.5 Å². The quantitative estimate of drug-likeness (QED) is 0.0304. The van der Waals surface area contributed by atoms with Crippen molar-refractivity contribution in [1.82, 2.24) is 71.5 Å². The molecule has 127 heavy (non-hydrogen) atoms. The third-order valence-corrected chi connectivity index (χ3v) is 19.9. The number of hydrogen-bond acceptors (Lipinski definition) is 30. The summed E-state index contributed by atoms with van der Waals surface area (Å²) in [7, 11) is -10.9. The summed E-state index contributed by atoms with van der Waals surface area (Å²) in [5.41, 5.74) is 4.57. The highest BCUT2D eigenvalue weighted by Crippen LogP contribution is 2.25. The zero-order valence-corrected chi connectivity index (χ0v) is 86.9. The molecule has 6 heterocycles. The minimum atomic E-state index is -3.74. The highest BCUT2D eigenvalue weighted by molar-refractivity contribution is 7.93. The molecule has 0 radical (unpaired) electrons. The van der Waals surface area contributed by atoms with Crippen molar-refractivity contribution in [2.75, 3.05) is 37.0 Å². The number of esters is 1. The molecule has 0 atom stereocenters. The van der Waals surface area contributed by atoms with Crippen LogP contribution in [0.2, 0.25) is 0 Å². The molecule has 4 aromatic rings. The van der Waals surface area contributed by atoms with Crippen LogP contribution in [0.15, 0.2) is 87.2 Å². The largest absolute Gasteiger partial charge is 0.511 e. The molecule has 0 bridgehead atoms. The number of ketones is 1. The van der Waals surface area contributed by atoms with Crippen LogP contribution in [0.5, 0.6) is 0 Å². The summed E-state index contributed by atoms with van der Waals surface area (Å²) in [4.78, 5) is 107. The highest BCUT2D eigenvalue weighted by Gasteiger charge is 2.28. The number of imide groups is 1. The predicted molar refractivity (Wildman–Crippen MR) is 501 cm³/mol. The fourth-order valence-corrected chi connectivity index (χ4v) is 7.65. The number of Topliss-reactive ketones (excluding diaryl/α,β-unsaturated/α-hetero) is 1. The number of aromatic nitrogens is 9. The number of pyridine rings is 1. The van der Waals surface area contributed by atoms with E-state index in [9.17, 15) is 77.1 Å². The van der Waals surface area contributed by atoms with Crippen LogP contribution in [0.3, 0.4) is 0 Å². The van der Waals surface area contributed by atoms with Crippen molar-refractivity contribution in [2.24, 2.45) is 53.8 Å². The Morgan fingerprint density at radius 3 is 1.28 bits per heavy atom. The maximum absolute atomic E-state index is 11.3. The molecule has 0 fully saturated rings. The zero-order chi connectivity index (χ0) is 102. The van der Waals surface area contributed by atoms with Crippen molar-refractivity contribution in [1.29, 1.82) is 0 Å². The van der Waals surface area contributed by atoms with E-state index < -0.39 is 95.4 Å². The van der Waals surface area contributed by atoms with Gasteiger partial charge in [-0.15, -0.1) is 5.10 Å². The van der Waals surface area contributed by atoms with Crippen molar-refractivity contribution in [2.45, 2.75) is 304 Å². The van der Waals surface area contributed by atoms with Crippen LogP contribution in [0, 0.1) is 50.7 Å². The fraction of sp³-hybridized carbons (Fsp3) is 0.679. The smallest absolute Gasteiger partial charge is 0.333 e. The lowest BCUT2D eigenvalue weighted by Gasteiger charge is -2.16. The third-order valence-electron chi connectivity index (χ3n) is 14.6. The molecule has 0 aromatic carbocycles. The van der Waals surface area contributed by atoms with Gasteiger partial charge in [-0.2, -0.15) is 23.7 Å². The van der Waals surface area contributed by atoms with E-state index in [1.807, 2.05) is 98.6 Å². The standard InChI is InChI=1S/C9H15N.C8H12N2O2S.C8H13NO.C8H14O3.C7H12N2O.C7H13NO2.C6H11N5O.C6H11N3.C6H13NO3S.C6H12O.C5H11NO3S.C5H11NO.C3H8O3S/c1-7-5-8(10-6-7)9(2,3)4;1-7(2)13(11,12)10-8-5-3-4-6-9-8;1-6-5-7(10-9-6)8(2,3)4;1-8(2,3)6(9)5-7(10)11-4;1-5-8-6(9-10-5)7(2,3)4;1-5(9)8-6(10)7(2,3)4;1-6(2,3)4(12)7-5-8-10-11-9-5;1-6(2,3)5-7-4-8-9-5;1-6(2,3)5(8)7-11(4,9)10;1-5(7)6(2,3)4;1-4(2)10(8,9)6-5(3)7;1-4(2)5(7)6-3;1-3(2)7(4,5)6/h5H,6H2,1-4H3;3-7H,1-2H3,(H,9,10);5H,1-4H3;5,9H,1-4H3;1H2,2-4H3,(H,8,9);1-4H3,(H,8,9,10);1-3H3,(H2,7,8,9,10,11,12);4H,1-3H3,(H,7,8,9);1-4H3,(H,7,8);1-4H3;4H,1-3H3,(H,6,7);4H,1-3H3,(H,6,7);3H,1-2H3,(H,4,5,6). The summed E-state index contributed by atoms with van der Waals surface area (Å²) in [6.07, 6.45) is 7.30. The molecule has 0 spiro atoms. The number of aliphatic hydroxyl groups excluding tert-OH is 1. The number of methoxy groups -OCH3 is 1. The zero-order valence-electron chi connectivity index (χ0n) is 83.7. The number of tetrazole rings is 1. The molecule has 0 saturated heterocycles. The lowest BCUT2D eigenvalue weighted by molar-refractivity contribution is -0.136. The van der Waals surface area contributed by atoms with E-state index in [1.54, 1.807) is 87.6 Å². The lowest BCUT2D eigenvalue weighted by Crippen LogP contribution is -2.38. The normalized spacial score (nSPS) is 12.7. The van der Waals surface area contributed by atoms with Gasteiger partial charge in [-0.05, 0) is 92.3 Å². The SMILES string of the molecule is C=C1N=C(C(C)(C)C)NO1.CC(=O)C(C)(C)C.CC(=O)NC(=O)C(C)(C)C.CC(=O)NS(=O)(=O)C(C)C.CC(C)(C)C(=O)NS(C)(=O)=O.CC(C)(C)C(=O)Nc1nn[nH]n1.CC(C)(C)c1ncn[nH]1.CC(C)S(=O)(=O)Nc1ccccn1.CC(C)S(=O)(=O)O.CC1=CC(C(C)(C)C)=NC1.CNC(=O)C(C)C.COC(=O)C=C(O)C(C)(C)C.Cc1cc(C(C)(C)C)on1. The number of amides is 6. The Bertz CT molecular complexity index is 4610. The summed E-state index contributed by atoms with van der Waals surface area (Å²) < 4.78 is 109. The van der Waals surface area contributed by atoms with E-state index in [-0.39, 0.29) is 74.1 Å². The van der Waals surface area contributed by atoms with Gasteiger partial charge >= 0.3 is 5.97 Å². The number of aliphatic imine (C=N–C) groups is 2. The molecule has 4 aromatic heterocycles. The van der Waals surface area contributed by atoms with Gasteiger partial charge in [0.15, 0.2) is 0 Å². The Kier molecular flexibility index (Phi) is 58.7. The molecular formula is C84H156N18O21S4. The Morgan fingerprint density at radius 2 is 1.09 bits per heavy atom. The number of nitrogens with zero attached hydrogens (tertiary/aromatic N) is 9. The van der Waals surface area contributed by atoms with Gasteiger partial charge in [0.1, 0.15) is 41.1 Å². The summed E-state index contributed by atoms with van der Waals surface area (Å²) in [5, 5.41) is 37.9. The van der Waals surface area contributed by atoms with Crippen LogP contribution in [-0.2, 0) is 98.9 Å². The van der Waals surface area contributed by atoms with Crippen molar-refractivity contribution in [3.05, 3.63) is 90.0 Å². The lowest BCUT2D eigenvalue weighted by atomic mass is 9.90. The molecule has 0 aliphatic carbocycles. The summed E-state index contributed by atoms with van der Waals surface area (Å²) >= 11 is 0. The summed E-state index contributed by atoms with van der Waals surface area (Å²) in [6, 6.07) is 7.04. The molecular weight excluding hydrogens is 1730 g/mol. The van der Waals surface area contributed by atoms with Crippen molar-refractivity contribution in [3.8, 4) is 0 Å². The number of H-pyrrole nitrogens is 2. The number of hydroxylamine groups is 1. The molecule has 2 aliphatic heterocycles. The number of carbonyl (C=O) groups is 8. The minimum Gasteiger partial charge on any atom is -0.511 e. The number of carbonyl (C=O) groups excluding carboxylic acids is 8. The van der Waals surface area contributed by atoms with E-state index in [4.69, 9.17) is 13.9 Å². The maximum Gasteiger partial charge on any atom is 0.333 e. The summed E-state index contributed by atoms with van der Waals surface area (Å²) in [5.74, 6) is 1.96. The van der Waals surface area contributed by atoms with Crippen LogP contribution in [0.4, 0.5) is 11.8 Å². The molecule has 43 heteroatoms. The molecule has 39 nitrogen and oxygen atoms in total. The second kappa shape index (κ2) is 57.2. The number of hydrogen-bond donors (Lipinski definition) is 11. The number of aromatic amines is 2. The van der Waals surface area contributed by atoms with Gasteiger partial charge in [-0.1, -0.05) is 223 Å². The molecule has 2 aliphatic rings. The van der Waals surface area contributed by atoms with E-state index >= 15 is 0 Å². The minimum absolute atomic E-state index is 0.0133. The first-order valence-electron chi connectivity index (χ1n) is 40.1. The van der Waals surface area contributed by atoms with Crippen LogP contribution in [-0.4, -0.2) is 191 Å². The highest BCUT2D eigenvalue weighted by atomic mass is 32.2. The number of amidine groups is 1. The first-order chi connectivity index (χ1) is 56.4. The number of sulfonamides is 3. The van der Waals surface area contributed by atoms with Crippen LogP contribution in [0.25, 0.3) is 0 Å². The van der Waals surface area contributed by atoms with Gasteiger partial charge in [0.2, 0.25) is 71.4 Å². The number of ether oxygens (including phenoxy) is 1. The number of allylic oxidation sites excluding steroid dienone is 2. The monoisotopic (exact) mass is 1880 g/mol. The topological polar surface area (TPSA) is 576 Å². The first-order valence-corrected chi connectivity index (χ1v) is 46.6. The van der Waals surface area contributed by atoms with Crippen molar-refractivity contribution < 1.29 is 95.8 Å².